The predicted molar refractivity (Wildman–Crippen MR) is 26.8 cm³/mol. The van der Waals surface area contributed by atoms with Crippen LogP contribution in [0.3, 0.4) is 0 Å². The molecule has 39 valence electrons. The van der Waals surface area contributed by atoms with Crippen LogP contribution < -0.4 is 5.73 Å². The summed E-state index contributed by atoms with van der Waals surface area (Å²) in [6, 6.07) is 0. The first-order chi connectivity index (χ1) is 3.06. The minimum absolute atomic E-state index is 0.0903. The molecule has 1 radical (unpaired) electrons. The first kappa shape index (κ1) is 6.70. The molecule has 0 aromatic heterocycles. The molecule has 0 unspecified atom stereocenters. The Labute approximate surface area is 43.4 Å². The molecular weight excluding hydrogens is 90.1 g/mol. The molecule has 0 amide bonds. The molecule has 0 aromatic carbocycles. The molecule has 0 aliphatic carbocycles. The second kappa shape index (κ2) is 2.12. The molecule has 0 aliphatic heterocycles. The van der Waals surface area contributed by atoms with Crippen molar-refractivity contribution in [3.63, 3.8) is 0 Å². The average Bonchev–Trinajstić information content (AvgIpc) is 1.30. The van der Waals surface area contributed by atoms with E-state index in [1.807, 2.05) is 0 Å². The zero-order valence-corrected chi connectivity index (χ0v) is 4.11. The van der Waals surface area contributed by atoms with Gasteiger partial charge in [0.15, 0.2) is 0 Å². The standard InChI is InChI=1S/C5H8NO/c1-5(2,6)3-4-7/h1-3,6H2. The Morgan fingerprint density at radius 2 is 2.43 bits per heavy atom. The van der Waals surface area contributed by atoms with Gasteiger partial charge in [-0.2, -0.15) is 0 Å². The normalized spacial score (nSPS) is 17.4. The summed E-state index contributed by atoms with van der Waals surface area (Å²) in [6.07, 6.45) is 1.70. The van der Waals surface area contributed by atoms with Crippen LogP contribution in [0.1, 0.15) is 6.42 Å². The molecule has 7 heavy (non-hydrogen) atoms. The first-order valence-corrected chi connectivity index (χ1v) is 1.91. The van der Waals surface area contributed by atoms with E-state index in [1.54, 1.807) is 6.15 Å². The van der Waals surface area contributed by atoms with Crippen molar-refractivity contribution < 1.29 is 4.65 Å². The van der Waals surface area contributed by atoms with Gasteiger partial charge >= 0.3 is 42.3 Å². The summed E-state index contributed by atoms with van der Waals surface area (Å²) >= 11 is 0. The van der Waals surface area contributed by atoms with Gasteiger partial charge in [0, 0.05) is 0 Å². The van der Waals surface area contributed by atoms with Crippen LogP contribution in [0.2, 0.25) is 0 Å². The Hall–Kier alpha value is -0.300. The van der Waals surface area contributed by atoms with Crippen LogP contribution in [-0.4, -0.2) is 5.54 Å². The van der Waals surface area contributed by atoms with Crippen molar-refractivity contribution in [3.8, 4) is 6.15 Å². The van der Waals surface area contributed by atoms with Crippen molar-refractivity contribution in [3.05, 3.63) is 13.8 Å². The molecule has 0 spiro atoms. The summed E-state index contributed by atoms with van der Waals surface area (Å²) in [5.74, 6) is 0. The van der Waals surface area contributed by atoms with E-state index in [4.69, 9.17) is 5.73 Å². The van der Waals surface area contributed by atoms with Gasteiger partial charge in [0.05, 0.1) is 0 Å². The zero-order valence-electron chi connectivity index (χ0n) is 4.11. The van der Waals surface area contributed by atoms with Crippen molar-refractivity contribution >= 4 is 0 Å². The van der Waals surface area contributed by atoms with Crippen LogP contribution in [-0.2, 0) is 4.65 Å². The van der Waals surface area contributed by atoms with Crippen molar-refractivity contribution in [1.29, 1.82) is 0 Å². The summed E-state index contributed by atoms with van der Waals surface area (Å²) in [4.78, 5) is 0. The molecule has 0 aromatic rings. The van der Waals surface area contributed by atoms with Crippen molar-refractivity contribution in [2.24, 2.45) is 5.73 Å². The third-order valence-corrected chi connectivity index (χ3v) is 0.424. The Bertz CT molecular complexity index is 85.2. The van der Waals surface area contributed by atoms with Crippen molar-refractivity contribution in [2.45, 2.75) is 12.0 Å². The topological polar surface area (TPSA) is 45.9 Å². The molecular formula is C5H8NO. The Morgan fingerprint density at radius 1 is 2.00 bits per heavy atom. The fourth-order valence-electron chi connectivity index (χ4n) is 0.144. The third kappa shape index (κ3) is 5.70. The van der Waals surface area contributed by atoms with Crippen molar-refractivity contribution in [2.75, 3.05) is 0 Å². The number of rotatable bonds is 1. The first-order valence-electron chi connectivity index (χ1n) is 1.91. The fraction of sp³-hybridized carbons (Fsp3) is 0.400. The number of nitrogens with two attached hydrogens (primary N) is 1. The fourth-order valence-corrected chi connectivity index (χ4v) is 0.144. The van der Waals surface area contributed by atoms with E-state index in [0.717, 1.165) is 0 Å². The van der Waals surface area contributed by atoms with E-state index >= 15 is 0 Å². The summed E-state index contributed by atoms with van der Waals surface area (Å²) in [6.45, 7) is 6.73. The Balaban J connectivity index is 3.40. The van der Waals surface area contributed by atoms with Gasteiger partial charge in [0.25, 0.3) is 0 Å². The van der Waals surface area contributed by atoms with Gasteiger partial charge in [0.2, 0.25) is 0 Å². The summed E-state index contributed by atoms with van der Waals surface area (Å²) in [5.41, 5.74) is 4.29. The van der Waals surface area contributed by atoms with Crippen LogP contribution in [0.4, 0.5) is 0 Å². The maximum absolute atomic E-state index is 9.54. The summed E-state index contributed by atoms with van der Waals surface area (Å²) in [7, 11) is 0. The molecule has 2 nitrogen and oxygen atoms in total. The van der Waals surface area contributed by atoms with Crippen LogP contribution in [0, 0.1) is 20.0 Å². The van der Waals surface area contributed by atoms with E-state index in [1.165, 1.54) is 0 Å². The molecule has 0 bridgehead atoms. The molecule has 2 N–H and O–H groups in total. The zero-order chi connectivity index (χ0) is 5.91. The van der Waals surface area contributed by atoms with Gasteiger partial charge in [-0.3, -0.25) is 0 Å². The van der Waals surface area contributed by atoms with E-state index in [2.05, 4.69) is 13.8 Å². The Morgan fingerprint density at radius 3 is 2.43 bits per heavy atom. The molecule has 0 fully saturated rings. The maximum atomic E-state index is 9.54. The molecule has 2 heteroatoms. The van der Waals surface area contributed by atoms with Crippen LogP contribution >= 0.6 is 0 Å². The van der Waals surface area contributed by atoms with Crippen LogP contribution in [0.15, 0.2) is 0 Å². The molecule has 0 aliphatic rings. The van der Waals surface area contributed by atoms with E-state index in [0.29, 0.717) is 0 Å². The van der Waals surface area contributed by atoms with E-state index in [9.17, 15) is 4.65 Å². The SMILES string of the molecule is [CH2]C([CH2-])(N)CC#[O+]. The average molecular weight is 98.1 g/mol. The summed E-state index contributed by atoms with van der Waals surface area (Å²) < 4.78 is 9.54. The molecule has 0 saturated heterocycles. The molecule has 0 saturated carbocycles. The number of hydrogen-bond donors (Lipinski definition) is 1. The second-order valence-corrected chi connectivity index (χ2v) is 1.68. The second-order valence-electron chi connectivity index (χ2n) is 1.68. The van der Waals surface area contributed by atoms with Gasteiger partial charge in [-0.15, -0.1) is 0 Å². The quantitative estimate of drug-likeness (QED) is 0.368. The van der Waals surface area contributed by atoms with Gasteiger partial charge in [-0.05, 0) is 0 Å². The summed E-state index contributed by atoms with van der Waals surface area (Å²) in [5, 5.41) is 0. The van der Waals surface area contributed by atoms with Gasteiger partial charge < -0.3 is 0 Å². The predicted octanol–water partition coefficient (Wildman–Crippen LogP) is 0.132. The third-order valence-electron chi connectivity index (χ3n) is 0.424. The van der Waals surface area contributed by atoms with Crippen LogP contribution in [0.25, 0.3) is 0 Å². The van der Waals surface area contributed by atoms with Crippen molar-refractivity contribution in [1.82, 2.24) is 0 Å². The van der Waals surface area contributed by atoms with E-state index < -0.39 is 5.54 Å². The molecule has 0 atom stereocenters. The van der Waals surface area contributed by atoms with Crippen LogP contribution in [0.5, 0.6) is 0 Å². The van der Waals surface area contributed by atoms with Gasteiger partial charge in [0.1, 0.15) is 0 Å². The van der Waals surface area contributed by atoms with Gasteiger partial charge in [-0.25, -0.2) is 0 Å². The minimum atomic E-state index is -0.873. The molecule has 0 rings (SSSR count). The number of hydrogen-bond acceptors (Lipinski definition) is 1. The molecule has 0 heterocycles. The van der Waals surface area contributed by atoms with Gasteiger partial charge in [-0.1, -0.05) is 0 Å². The van der Waals surface area contributed by atoms with E-state index in [-0.39, 0.29) is 6.42 Å². The monoisotopic (exact) mass is 98.1 g/mol. The Kier molecular flexibility index (Phi) is 2.03.